The van der Waals surface area contributed by atoms with Gasteiger partial charge in [0, 0.05) is 29.4 Å². The van der Waals surface area contributed by atoms with Gasteiger partial charge in [-0.3, -0.25) is 0 Å². The number of aryl methyl sites for hydroxylation is 2. The highest BCUT2D eigenvalue weighted by Gasteiger charge is 2.26. The summed E-state index contributed by atoms with van der Waals surface area (Å²) in [5.41, 5.74) is 7.60. The summed E-state index contributed by atoms with van der Waals surface area (Å²) in [6.45, 7) is 3.78. The van der Waals surface area contributed by atoms with Crippen LogP contribution in [0.3, 0.4) is 0 Å². The average Bonchev–Trinajstić information content (AvgIpc) is 3.61. The van der Waals surface area contributed by atoms with E-state index in [0.29, 0.717) is 40.4 Å². The van der Waals surface area contributed by atoms with Gasteiger partial charge < -0.3 is 38.1 Å². The molecule has 1 aliphatic heterocycles. The molecular formula is C37H42N2O8. The van der Waals surface area contributed by atoms with Gasteiger partial charge in [0.15, 0.2) is 34.6 Å². The highest BCUT2D eigenvalue weighted by atomic mass is 16.6. The number of esters is 1. The van der Waals surface area contributed by atoms with Gasteiger partial charge >= 0.3 is 5.97 Å². The highest BCUT2D eigenvalue weighted by Crippen LogP contribution is 2.42. The van der Waals surface area contributed by atoms with Crippen LogP contribution in [-0.2, 0) is 22.4 Å². The molecule has 0 fully saturated rings. The number of hydrogen-bond donors (Lipinski definition) is 1. The molecule has 3 aromatic carbocycles. The van der Waals surface area contributed by atoms with E-state index in [1.165, 1.54) is 67.5 Å². The lowest BCUT2D eigenvalue weighted by atomic mass is 9.83. The van der Waals surface area contributed by atoms with E-state index in [9.17, 15) is 4.79 Å². The lowest BCUT2D eigenvalue weighted by molar-refractivity contribution is -0.130. The van der Waals surface area contributed by atoms with Crippen LogP contribution >= 0.6 is 0 Å². The molecule has 1 unspecified atom stereocenters. The topological polar surface area (TPSA) is 110 Å². The van der Waals surface area contributed by atoms with Crippen LogP contribution in [0.25, 0.3) is 17.0 Å². The summed E-state index contributed by atoms with van der Waals surface area (Å²) >= 11 is 0. The second-order valence-electron chi connectivity index (χ2n) is 11.4. The molecule has 1 atom stereocenters. The van der Waals surface area contributed by atoms with Crippen LogP contribution in [0, 0.1) is 6.92 Å². The number of aromatic nitrogens is 1. The zero-order valence-corrected chi connectivity index (χ0v) is 28.2. The van der Waals surface area contributed by atoms with Gasteiger partial charge in [0.2, 0.25) is 11.5 Å². The van der Waals surface area contributed by atoms with Crippen molar-refractivity contribution in [1.82, 2.24) is 4.98 Å². The van der Waals surface area contributed by atoms with Crippen molar-refractivity contribution < 1.29 is 38.0 Å². The number of nitrogens with one attached hydrogen (secondary N) is 1. The van der Waals surface area contributed by atoms with Crippen LogP contribution in [0.2, 0.25) is 0 Å². The Morgan fingerprint density at radius 1 is 0.830 bits per heavy atom. The minimum absolute atomic E-state index is 0.233. The van der Waals surface area contributed by atoms with Crippen molar-refractivity contribution in [2.45, 2.75) is 45.4 Å². The van der Waals surface area contributed by atoms with Crippen molar-refractivity contribution in [1.29, 1.82) is 0 Å². The first-order valence-corrected chi connectivity index (χ1v) is 15.4. The van der Waals surface area contributed by atoms with Gasteiger partial charge in [0.1, 0.15) is 0 Å². The number of benzene rings is 3. The van der Waals surface area contributed by atoms with E-state index in [-0.39, 0.29) is 5.70 Å². The Bertz CT molecular complexity index is 1790. The third kappa shape index (κ3) is 7.01. The molecule has 4 aromatic rings. The summed E-state index contributed by atoms with van der Waals surface area (Å²) in [6, 6.07) is 14.3. The Hall–Kier alpha value is -5.12. The van der Waals surface area contributed by atoms with Gasteiger partial charge in [-0.1, -0.05) is 11.6 Å². The van der Waals surface area contributed by atoms with Crippen LogP contribution in [0.15, 0.2) is 53.2 Å². The smallest absolute Gasteiger partial charge is 0.363 e. The Morgan fingerprint density at radius 3 is 1.96 bits per heavy atom. The number of cyclic esters (lactones) is 1. The fourth-order valence-corrected chi connectivity index (χ4v) is 6.27. The maximum absolute atomic E-state index is 11.5. The molecule has 1 aliphatic carbocycles. The van der Waals surface area contributed by atoms with Crippen molar-refractivity contribution in [3.8, 4) is 34.5 Å². The van der Waals surface area contributed by atoms with E-state index in [1.807, 2.05) is 0 Å². The first-order valence-electron chi connectivity index (χ1n) is 15.4. The third-order valence-corrected chi connectivity index (χ3v) is 8.41. The van der Waals surface area contributed by atoms with E-state index in [4.69, 9.17) is 33.2 Å². The molecule has 0 radical (unpaired) electrons. The maximum Gasteiger partial charge on any atom is 0.363 e. The zero-order valence-electron chi connectivity index (χ0n) is 28.2. The van der Waals surface area contributed by atoms with E-state index < -0.39 is 5.97 Å². The van der Waals surface area contributed by atoms with Crippen LogP contribution in [0.4, 0.5) is 0 Å². The van der Waals surface area contributed by atoms with Gasteiger partial charge in [-0.2, -0.15) is 0 Å². The lowest BCUT2D eigenvalue weighted by Crippen LogP contribution is -2.12. The number of methoxy groups -OCH3 is 6. The molecule has 6 rings (SSSR count). The first-order chi connectivity index (χ1) is 22.7. The van der Waals surface area contributed by atoms with Gasteiger partial charge in [-0.25, -0.2) is 9.79 Å². The first kappa shape index (κ1) is 33.2. The van der Waals surface area contributed by atoms with Gasteiger partial charge in [0.05, 0.1) is 42.7 Å². The Labute approximate surface area is 275 Å². The van der Waals surface area contributed by atoms with Crippen molar-refractivity contribution in [3.05, 3.63) is 76.1 Å². The predicted molar refractivity (Wildman–Crippen MR) is 182 cm³/mol. The number of ether oxygens (including phenoxy) is 7. The molecule has 1 aromatic heterocycles. The third-order valence-electron chi connectivity index (χ3n) is 8.41. The zero-order chi connectivity index (χ0) is 33.7. The van der Waals surface area contributed by atoms with Crippen molar-refractivity contribution in [3.63, 3.8) is 0 Å². The van der Waals surface area contributed by atoms with Crippen molar-refractivity contribution in [2.75, 3.05) is 42.7 Å². The summed E-state index contributed by atoms with van der Waals surface area (Å²) in [5, 5.41) is 1.39. The molecule has 0 saturated carbocycles. The van der Waals surface area contributed by atoms with Gasteiger partial charge in [-0.05, 0) is 91.8 Å². The van der Waals surface area contributed by atoms with E-state index in [2.05, 4.69) is 47.2 Å². The number of rotatable bonds is 9. The largest absolute Gasteiger partial charge is 0.493 e. The summed E-state index contributed by atoms with van der Waals surface area (Å²) in [7, 11) is 9.56. The fraction of sp³-hybridized carbons (Fsp3) is 0.351. The Morgan fingerprint density at radius 2 is 1.43 bits per heavy atom. The number of nitrogens with zero attached hydrogens (tertiary/aromatic N) is 1. The number of carbonyl (C=O) groups is 1. The second kappa shape index (κ2) is 14.5. The van der Waals surface area contributed by atoms with Crippen molar-refractivity contribution in [2.24, 2.45) is 4.99 Å². The number of aliphatic imine (C=N–C) groups is 1. The van der Waals surface area contributed by atoms with Crippen LogP contribution in [0.5, 0.6) is 34.5 Å². The number of H-pyrrole nitrogens is 1. The van der Waals surface area contributed by atoms with E-state index in [1.54, 1.807) is 46.5 Å². The van der Waals surface area contributed by atoms with Gasteiger partial charge in [-0.15, -0.1) is 0 Å². The molecule has 10 nitrogen and oxygen atoms in total. The molecule has 2 heterocycles. The fourth-order valence-electron chi connectivity index (χ4n) is 6.27. The standard InChI is InChI=1S/C23H27NO3.C14H15NO5/c1-14-8-9-19-18(10-14)17-7-5-6-16(22(17)24-19)11-15-12-20(25-2)23(27-4)21(13-15)26-3;1-8-15-10(14(16)20-8)5-9-6-11(17-2)13(19-4)12(7-9)18-3/h8-10,12-13,16,24H,5-7,11H2,1-4H3;5-7H,1-4H3/b;10-5-. The normalized spacial score (nSPS) is 16.1. The predicted octanol–water partition coefficient (Wildman–Crippen LogP) is 7.19. The lowest BCUT2D eigenvalue weighted by Gasteiger charge is -2.23. The Balaban J connectivity index is 0.000000194. The molecule has 2 aliphatic rings. The quantitative estimate of drug-likeness (QED) is 0.151. The molecule has 10 heteroatoms. The number of carbonyl (C=O) groups excluding carboxylic acids is 1. The molecule has 0 amide bonds. The summed E-state index contributed by atoms with van der Waals surface area (Å²) in [4.78, 5) is 19.2. The SMILES string of the molecule is COc1cc(/C=C2\N=C(C)OC2=O)cc(OC)c1OC.COc1cc(CC2CCCc3c2[nH]c2ccc(C)cc32)cc(OC)c1OC. The molecule has 1 N–H and O–H groups in total. The molecule has 248 valence electrons. The second-order valence-corrected chi connectivity index (χ2v) is 11.4. The molecular weight excluding hydrogens is 600 g/mol. The summed E-state index contributed by atoms with van der Waals surface area (Å²) < 4.78 is 37.1. The van der Waals surface area contributed by atoms with Gasteiger partial charge in [0.25, 0.3) is 0 Å². The van der Waals surface area contributed by atoms with Crippen molar-refractivity contribution >= 4 is 28.8 Å². The van der Waals surface area contributed by atoms with E-state index in [0.717, 1.165) is 24.3 Å². The minimum atomic E-state index is -0.476. The summed E-state index contributed by atoms with van der Waals surface area (Å²) in [6.07, 6.45) is 6.13. The molecule has 0 bridgehead atoms. The number of aromatic amines is 1. The molecule has 0 saturated heterocycles. The highest BCUT2D eigenvalue weighted by molar-refractivity contribution is 6.06. The van der Waals surface area contributed by atoms with Crippen LogP contribution < -0.4 is 28.4 Å². The number of hydrogen-bond acceptors (Lipinski definition) is 9. The van der Waals surface area contributed by atoms with Crippen LogP contribution in [0.1, 0.15) is 53.6 Å². The number of fused-ring (bicyclic) bond motifs is 3. The van der Waals surface area contributed by atoms with Crippen LogP contribution in [-0.4, -0.2) is 59.5 Å². The molecule has 47 heavy (non-hydrogen) atoms. The minimum Gasteiger partial charge on any atom is -0.493 e. The molecule has 0 spiro atoms. The average molecular weight is 643 g/mol. The monoisotopic (exact) mass is 642 g/mol. The Kier molecular flexibility index (Phi) is 10.3. The maximum atomic E-state index is 11.5. The summed E-state index contributed by atoms with van der Waals surface area (Å²) in [5.74, 6) is 3.91. The van der Waals surface area contributed by atoms with E-state index >= 15 is 0 Å².